The summed E-state index contributed by atoms with van der Waals surface area (Å²) in [6.45, 7) is 0.254. The molecule has 0 spiro atoms. The maximum absolute atomic E-state index is 13.5. The maximum Gasteiger partial charge on any atom is 0.243 e. The molecule has 4 aromatic rings. The molecule has 5 rings (SSSR count). The average Bonchev–Trinajstić information content (AvgIpc) is 3.65. The minimum absolute atomic E-state index is 0.236. The second-order valence-corrected chi connectivity index (χ2v) is 11.4. The van der Waals surface area contributed by atoms with Gasteiger partial charge in [0.1, 0.15) is 5.75 Å². The highest BCUT2D eigenvalue weighted by molar-refractivity contribution is 7.89. The Balaban J connectivity index is 1.44. The number of methoxy groups -OCH3 is 1. The Bertz CT molecular complexity index is 1460. The largest absolute Gasteiger partial charge is 0.497 e. The molecule has 36 heavy (non-hydrogen) atoms. The molecule has 2 heterocycles. The van der Waals surface area contributed by atoms with Crippen molar-refractivity contribution in [2.45, 2.75) is 36.6 Å². The van der Waals surface area contributed by atoms with Gasteiger partial charge in [0, 0.05) is 50.7 Å². The number of nitrogens with zero attached hydrogens (tertiary/aromatic N) is 4. The van der Waals surface area contributed by atoms with E-state index in [1.165, 1.54) is 22.7 Å². The molecule has 0 N–H and O–H groups in total. The molecule has 0 aliphatic heterocycles. The lowest BCUT2D eigenvalue weighted by molar-refractivity contribution is 0.414. The molecule has 0 bridgehead atoms. The minimum atomic E-state index is -3.72. The Kier molecular flexibility index (Phi) is 6.64. The molecule has 186 valence electrons. The molecule has 1 aliphatic rings. The summed E-state index contributed by atoms with van der Waals surface area (Å²) >= 11 is 0. The van der Waals surface area contributed by atoms with Crippen molar-refractivity contribution in [1.82, 2.24) is 18.8 Å². The van der Waals surface area contributed by atoms with Crippen LogP contribution in [0.25, 0.3) is 11.3 Å². The molecule has 1 saturated carbocycles. The van der Waals surface area contributed by atoms with E-state index in [4.69, 9.17) is 4.74 Å². The summed E-state index contributed by atoms with van der Waals surface area (Å²) < 4.78 is 35.4. The summed E-state index contributed by atoms with van der Waals surface area (Å²) in [6.07, 6.45) is 8.68. The summed E-state index contributed by atoms with van der Waals surface area (Å²) in [7, 11) is 1.38. The van der Waals surface area contributed by atoms with Gasteiger partial charge in [0.05, 0.1) is 24.0 Å². The van der Waals surface area contributed by atoms with E-state index in [2.05, 4.69) is 22.1 Å². The Morgan fingerprint density at radius 2 is 1.83 bits per heavy atom. The van der Waals surface area contributed by atoms with Crippen molar-refractivity contribution in [3.63, 3.8) is 0 Å². The maximum atomic E-state index is 13.5. The van der Waals surface area contributed by atoms with E-state index >= 15 is 0 Å². The molecule has 1 fully saturated rings. The molecule has 0 saturated heterocycles. The van der Waals surface area contributed by atoms with Crippen LogP contribution >= 0.6 is 0 Å². The molecule has 0 atom stereocenters. The first-order valence-electron chi connectivity index (χ1n) is 12.0. The molecule has 1 aliphatic carbocycles. The fourth-order valence-electron chi connectivity index (χ4n) is 4.31. The van der Waals surface area contributed by atoms with Gasteiger partial charge in [0.25, 0.3) is 0 Å². The molecule has 7 nitrogen and oxygen atoms in total. The SMILES string of the molecule is COc1ccc(CN(C)S(=O)(=O)c2ccc(Cc3ccc(C4CC4)cn3)c(-c3cn(C)cn3)c2)cc1. The Labute approximate surface area is 212 Å². The number of benzene rings is 2. The number of aryl methyl sites for hydroxylation is 1. The molecule has 2 aromatic carbocycles. The highest BCUT2D eigenvalue weighted by Crippen LogP contribution is 2.39. The van der Waals surface area contributed by atoms with Crippen molar-refractivity contribution in [1.29, 1.82) is 0 Å². The van der Waals surface area contributed by atoms with Crippen LogP contribution in [0, 0.1) is 0 Å². The lowest BCUT2D eigenvalue weighted by atomic mass is 10.00. The van der Waals surface area contributed by atoms with Gasteiger partial charge >= 0.3 is 0 Å². The average molecular weight is 503 g/mol. The Morgan fingerprint density at radius 1 is 1.06 bits per heavy atom. The summed E-state index contributed by atoms with van der Waals surface area (Å²) in [5, 5.41) is 0. The van der Waals surface area contributed by atoms with Gasteiger partial charge in [-0.05, 0) is 65.8 Å². The Hall–Kier alpha value is -3.49. The fourth-order valence-corrected chi connectivity index (χ4v) is 5.49. The number of hydrogen-bond donors (Lipinski definition) is 0. The van der Waals surface area contributed by atoms with Gasteiger partial charge in [-0.3, -0.25) is 4.98 Å². The van der Waals surface area contributed by atoms with E-state index in [1.54, 1.807) is 32.6 Å². The molecular weight excluding hydrogens is 472 g/mol. The summed E-state index contributed by atoms with van der Waals surface area (Å²) in [5.74, 6) is 1.39. The molecule has 2 aromatic heterocycles. The van der Waals surface area contributed by atoms with Crippen molar-refractivity contribution < 1.29 is 13.2 Å². The van der Waals surface area contributed by atoms with Crippen LogP contribution in [-0.2, 0) is 30.0 Å². The number of hydrogen-bond acceptors (Lipinski definition) is 5. The predicted octanol–water partition coefficient (Wildman–Crippen LogP) is 4.78. The third-order valence-corrected chi connectivity index (χ3v) is 8.40. The van der Waals surface area contributed by atoms with Crippen LogP contribution in [-0.4, -0.2) is 41.4 Å². The molecule has 0 unspecified atom stereocenters. The second kappa shape index (κ2) is 9.87. The first-order valence-corrected chi connectivity index (χ1v) is 13.4. The van der Waals surface area contributed by atoms with Crippen LogP contribution < -0.4 is 4.74 Å². The number of rotatable bonds is 9. The van der Waals surface area contributed by atoms with Crippen LogP contribution in [0.5, 0.6) is 5.75 Å². The van der Waals surface area contributed by atoms with Gasteiger partial charge in [-0.2, -0.15) is 4.31 Å². The zero-order valence-corrected chi connectivity index (χ0v) is 21.6. The zero-order chi connectivity index (χ0) is 25.3. The van der Waals surface area contributed by atoms with Gasteiger partial charge in [-0.25, -0.2) is 13.4 Å². The van der Waals surface area contributed by atoms with Crippen molar-refractivity contribution in [3.05, 3.63) is 95.7 Å². The van der Waals surface area contributed by atoms with Gasteiger partial charge in [-0.15, -0.1) is 0 Å². The topological polar surface area (TPSA) is 77.3 Å². The highest BCUT2D eigenvalue weighted by atomic mass is 32.2. The normalized spacial score (nSPS) is 13.8. The van der Waals surface area contributed by atoms with Crippen LogP contribution in [0.2, 0.25) is 0 Å². The second-order valence-electron chi connectivity index (χ2n) is 9.39. The number of ether oxygens (including phenoxy) is 1. The van der Waals surface area contributed by atoms with Crippen LogP contribution in [0.4, 0.5) is 0 Å². The first kappa shape index (κ1) is 24.2. The van der Waals surface area contributed by atoms with Gasteiger partial charge in [-0.1, -0.05) is 24.3 Å². The van der Waals surface area contributed by atoms with Crippen molar-refractivity contribution in [2.24, 2.45) is 7.05 Å². The number of aromatic nitrogens is 3. The number of pyridine rings is 1. The summed E-state index contributed by atoms with van der Waals surface area (Å²) in [6, 6.07) is 16.9. The quantitative estimate of drug-likeness (QED) is 0.329. The third-order valence-electron chi connectivity index (χ3n) is 6.60. The minimum Gasteiger partial charge on any atom is -0.497 e. The van der Waals surface area contributed by atoms with Crippen molar-refractivity contribution in [3.8, 4) is 17.0 Å². The first-order chi connectivity index (χ1) is 17.3. The Morgan fingerprint density at radius 3 is 2.44 bits per heavy atom. The predicted molar refractivity (Wildman–Crippen MR) is 139 cm³/mol. The lowest BCUT2D eigenvalue weighted by Gasteiger charge is -2.19. The van der Waals surface area contributed by atoms with E-state index in [-0.39, 0.29) is 11.4 Å². The lowest BCUT2D eigenvalue weighted by Crippen LogP contribution is -2.26. The summed E-state index contributed by atoms with van der Waals surface area (Å²) in [5.41, 5.74) is 5.63. The molecule has 8 heteroatoms. The van der Waals surface area contributed by atoms with Crippen LogP contribution in [0.15, 0.2) is 78.2 Å². The van der Waals surface area contributed by atoms with Gasteiger partial charge in [0.2, 0.25) is 10.0 Å². The standard InChI is InChI=1S/C28H30N4O3S/c1-31-18-28(30-19-31)27-15-26(36(33,34)32(2)17-20-4-11-25(35-3)12-5-20)13-9-22(27)14-24-10-8-23(16-29-24)21-6-7-21/h4-5,8-13,15-16,18-19,21H,6-7,14,17H2,1-3H3. The fraction of sp³-hybridized carbons (Fsp3) is 0.286. The monoisotopic (exact) mass is 502 g/mol. The molecule has 0 amide bonds. The number of imidazole rings is 1. The van der Waals surface area contributed by atoms with E-state index in [9.17, 15) is 8.42 Å². The zero-order valence-electron chi connectivity index (χ0n) is 20.8. The summed E-state index contributed by atoms with van der Waals surface area (Å²) in [4.78, 5) is 9.42. The van der Waals surface area contributed by atoms with Crippen molar-refractivity contribution in [2.75, 3.05) is 14.2 Å². The molecular formula is C28H30N4O3S. The smallest absolute Gasteiger partial charge is 0.243 e. The van der Waals surface area contributed by atoms with Crippen LogP contribution in [0.3, 0.4) is 0 Å². The number of sulfonamides is 1. The van der Waals surface area contributed by atoms with E-state index in [1.807, 2.05) is 54.3 Å². The van der Waals surface area contributed by atoms with Crippen LogP contribution in [0.1, 0.15) is 41.1 Å². The van der Waals surface area contributed by atoms with Crippen molar-refractivity contribution >= 4 is 10.0 Å². The van der Waals surface area contributed by atoms with E-state index in [0.29, 0.717) is 12.3 Å². The molecule has 0 radical (unpaired) electrons. The van der Waals surface area contributed by atoms with E-state index in [0.717, 1.165) is 33.8 Å². The van der Waals surface area contributed by atoms with Gasteiger partial charge in [0.15, 0.2) is 0 Å². The van der Waals surface area contributed by atoms with E-state index < -0.39 is 10.0 Å². The van der Waals surface area contributed by atoms with Gasteiger partial charge < -0.3 is 9.30 Å². The highest BCUT2D eigenvalue weighted by Gasteiger charge is 2.25. The third kappa shape index (κ3) is 5.20.